The van der Waals surface area contributed by atoms with Crippen molar-refractivity contribution in [3.63, 3.8) is 0 Å². The maximum atomic E-state index is 10.5. The summed E-state index contributed by atoms with van der Waals surface area (Å²) in [6.45, 7) is -1.60. The Labute approximate surface area is 130 Å². The van der Waals surface area contributed by atoms with E-state index in [0.717, 1.165) is 0 Å². The number of rotatable bonds is 3. The first-order valence-corrected chi connectivity index (χ1v) is 7.04. The Morgan fingerprint density at radius 2 is 1.22 bits per heavy atom. The van der Waals surface area contributed by atoms with Crippen LogP contribution in [0.4, 0.5) is 0 Å². The van der Waals surface area contributed by atoms with Crippen molar-refractivity contribution in [2.45, 2.75) is 60.7 Å². The smallest absolute Gasteiger partial charge is 0.225 e. The Morgan fingerprint density at radius 3 is 1.74 bits per heavy atom. The van der Waals surface area contributed by atoms with Crippen LogP contribution in [0.25, 0.3) is 0 Å². The van der Waals surface area contributed by atoms with E-state index in [1.54, 1.807) is 0 Å². The van der Waals surface area contributed by atoms with Gasteiger partial charge in [0.25, 0.3) is 0 Å². The molecule has 0 radical (unpaired) electrons. The molecule has 2 unspecified atom stereocenters. The molecule has 11 nitrogen and oxygen atoms in total. The number of hydrogen-bond donors (Lipinski definition) is 9. The molecular formula is C12H22O11. The van der Waals surface area contributed by atoms with Gasteiger partial charge in [-0.3, -0.25) is 0 Å². The third-order valence-corrected chi connectivity index (χ3v) is 4.30. The van der Waals surface area contributed by atoms with Crippen molar-refractivity contribution in [3.05, 3.63) is 0 Å². The number of aliphatic hydroxyl groups is 9. The summed E-state index contributed by atoms with van der Waals surface area (Å²) >= 11 is 0. The summed E-state index contributed by atoms with van der Waals surface area (Å²) < 4.78 is 10.1. The van der Waals surface area contributed by atoms with E-state index in [2.05, 4.69) is 0 Å². The van der Waals surface area contributed by atoms with Crippen molar-refractivity contribution in [1.82, 2.24) is 0 Å². The fourth-order valence-corrected chi connectivity index (χ4v) is 2.86. The van der Waals surface area contributed by atoms with Crippen molar-refractivity contribution < 1.29 is 55.4 Å². The molecule has 10 atom stereocenters. The highest BCUT2D eigenvalue weighted by Crippen LogP contribution is 2.37. The van der Waals surface area contributed by atoms with E-state index < -0.39 is 73.9 Å². The number of aliphatic hydroxyl groups excluding tert-OH is 8. The summed E-state index contributed by atoms with van der Waals surface area (Å²) in [7, 11) is 0. The largest absolute Gasteiger partial charge is 0.394 e. The molecule has 0 bridgehead atoms. The van der Waals surface area contributed by atoms with Crippen LogP contribution in [0.2, 0.25) is 0 Å². The summed E-state index contributed by atoms with van der Waals surface area (Å²) in [6, 6.07) is 0. The zero-order valence-corrected chi connectivity index (χ0v) is 12.0. The molecule has 0 aromatic carbocycles. The van der Waals surface area contributed by atoms with E-state index in [9.17, 15) is 35.7 Å². The van der Waals surface area contributed by atoms with E-state index in [1.807, 2.05) is 0 Å². The lowest BCUT2D eigenvalue weighted by atomic mass is 9.83. The molecule has 2 aliphatic rings. The predicted octanol–water partition coefficient (Wildman–Crippen LogP) is -6.01. The van der Waals surface area contributed by atoms with Gasteiger partial charge in [-0.25, -0.2) is 0 Å². The van der Waals surface area contributed by atoms with E-state index in [0.29, 0.717) is 0 Å². The molecule has 0 amide bonds. The summed E-state index contributed by atoms with van der Waals surface area (Å²) in [5.41, 5.74) is 0. The molecule has 136 valence electrons. The molecule has 2 aliphatic heterocycles. The first-order valence-electron chi connectivity index (χ1n) is 7.04. The van der Waals surface area contributed by atoms with Crippen LogP contribution in [0, 0.1) is 0 Å². The second-order valence-corrected chi connectivity index (χ2v) is 5.77. The molecule has 23 heavy (non-hydrogen) atoms. The van der Waals surface area contributed by atoms with Gasteiger partial charge < -0.3 is 55.4 Å². The van der Waals surface area contributed by atoms with Crippen molar-refractivity contribution >= 4 is 0 Å². The van der Waals surface area contributed by atoms with Crippen LogP contribution < -0.4 is 0 Å². The van der Waals surface area contributed by atoms with Gasteiger partial charge in [-0.15, -0.1) is 0 Å². The molecule has 2 heterocycles. The van der Waals surface area contributed by atoms with Gasteiger partial charge in [0, 0.05) is 0 Å². The summed E-state index contributed by atoms with van der Waals surface area (Å²) in [5, 5.41) is 87.7. The van der Waals surface area contributed by atoms with Crippen molar-refractivity contribution in [1.29, 1.82) is 0 Å². The highest BCUT2D eigenvalue weighted by molar-refractivity contribution is 5.05. The first-order chi connectivity index (χ1) is 10.7. The molecule has 0 spiro atoms. The molecule has 0 aliphatic carbocycles. The third-order valence-electron chi connectivity index (χ3n) is 4.30. The van der Waals surface area contributed by atoms with Crippen LogP contribution in [0.15, 0.2) is 0 Å². The molecule has 11 heteroatoms. The lowest BCUT2D eigenvalue weighted by Crippen LogP contribution is -2.75. The molecule has 0 aromatic heterocycles. The van der Waals surface area contributed by atoms with Gasteiger partial charge in [-0.05, 0) is 0 Å². The van der Waals surface area contributed by atoms with Gasteiger partial charge in [0.2, 0.25) is 5.79 Å². The van der Waals surface area contributed by atoms with Crippen molar-refractivity contribution in [2.75, 3.05) is 13.2 Å². The minimum Gasteiger partial charge on any atom is -0.394 e. The summed E-state index contributed by atoms with van der Waals surface area (Å²) in [5.74, 6) is -2.82. The molecule has 2 fully saturated rings. The van der Waals surface area contributed by atoms with Crippen LogP contribution in [0.5, 0.6) is 0 Å². The molecule has 0 aromatic rings. The monoisotopic (exact) mass is 342 g/mol. The molecule has 0 saturated carbocycles. The van der Waals surface area contributed by atoms with Crippen LogP contribution in [0.3, 0.4) is 0 Å². The SMILES string of the molecule is OC[C@H]1OC(C2(O)O[C@H](CO)[C@@H](O)[C@H](O)[C@H]2O)[C@H](O)[C@@H](O)[C@H]1O. The Kier molecular flexibility index (Phi) is 5.60. The number of ether oxygens (including phenoxy) is 2. The Morgan fingerprint density at radius 1 is 0.696 bits per heavy atom. The van der Waals surface area contributed by atoms with E-state index in [-0.39, 0.29) is 0 Å². The highest BCUT2D eigenvalue weighted by atomic mass is 16.7. The predicted molar refractivity (Wildman–Crippen MR) is 68.7 cm³/mol. The minimum absolute atomic E-state index is 0.776. The zero-order valence-electron chi connectivity index (χ0n) is 12.0. The molecule has 2 saturated heterocycles. The second-order valence-electron chi connectivity index (χ2n) is 5.77. The molecule has 9 N–H and O–H groups in total. The van der Waals surface area contributed by atoms with Gasteiger partial charge in [-0.1, -0.05) is 0 Å². The molecular weight excluding hydrogens is 320 g/mol. The quantitative estimate of drug-likeness (QED) is 0.236. The van der Waals surface area contributed by atoms with Crippen LogP contribution in [-0.2, 0) is 9.47 Å². The summed E-state index contributed by atoms with van der Waals surface area (Å²) in [4.78, 5) is 0. The summed E-state index contributed by atoms with van der Waals surface area (Å²) in [6.07, 6.45) is -16.1. The van der Waals surface area contributed by atoms with Crippen LogP contribution >= 0.6 is 0 Å². The van der Waals surface area contributed by atoms with Crippen LogP contribution in [0.1, 0.15) is 0 Å². The Bertz CT molecular complexity index is 404. The molecule has 2 rings (SSSR count). The number of hydrogen-bond acceptors (Lipinski definition) is 11. The lowest BCUT2D eigenvalue weighted by molar-refractivity contribution is -0.406. The maximum Gasteiger partial charge on any atom is 0.225 e. The average Bonchev–Trinajstić information content (AvgIpc) is 2.54. The topological polar surface area (TPSA) is 201 Å². The second kappa shape index (κ2) is 6.82. The van der Waals surface area contributed by atoms with Crippen molar-refractivity contribution in [2.24, 2.45) is 0 Å². The van der Waals surface area contributed by atoms with Gasteiger partial charge in [0.15, 0.2) is 0 Å². The van der Waals surface area contributed by atoms with Gasteiger partial charge in [0.05, 0.1) is 13.2 Å². The fraction of sp³-hybridized carbons (Fsp3) is 1.00. The maximum absolute atomic E-state index is 10.5. The van der Waals surface area contributed by atoms with Gasteiger partial charge >= 0.3 is 0 Å². The lowest BCUT2D eigenvalue weighted by Gasteiger charge is -2.52. The third kappa shape index (κ3) is 2.99. The normalized spacial score (nSPS) is 54.9. The standard InChI is InChI=1S/C12H22O11/c13-1-3-5(15)7(17)9(19)11(22-3)12(21)10(20)8(18)6(16)4(2-14)23-12/h3-11,13-21H,1-2H2/t3-,4-,5+,6-,7+,8+,9-,10-,11?,12?/m1/s1. The van der Waals surface area contributed by atoms with Crippen molar-refractivity contribution in [3.8, 4) is 0 Å². The first kappa shape index (κ1) is 18.9. The van der Waals surface area contributed by atoms with E-state index in [4.69, 9.17) is 19.7 Å². The average molecular weight is 342 g/mol. The highest BCUT2D eigenvalue weighted by Gasteiger charge is 2.62. The fourth-order valence-electron chi connectivity index (χ4n) is 2.86. The van der Waals surface area contributed by atoms with Gasteiger partial charge in [0.1, 0.15) is 54.9 Å². The van der Waals surface area contributed by atoms with E-state index >= 15 is 0 Å². The minimum atomic E-state index is -2.82. The Balaban J connectivity index is 2.33. The van der Waals surface area contributed by atoms with E-state index in [1.165, 1.54) is 0 Å². The van der Waals surface area contributed by atoms with Crippen LogP contribution in [-0.4, -0.2) is 120 Å². The Hall–Kier alpha value is -0.440. The zero-order chi connectivity index (χ0) is 17.5. The van der Waals surface area contributed by atoms with Gasteiger partial charge in [-0.2, -0.15) is 0 Å².